The molecule has 0 heterocycles. The molecule has 0 aromatic carbocycles. The van der Waals surface area contributed by atoms with Gasteiger partial charge in [0.2, 0.25) is 0 Å². The highest BCUT2D eigenvalue weighted by atomic mass is 35.5. The maximum absolute atomic E-state index is 8.76. The molecule has 1 rings (SSSR count). The van der Waals surface area contributed by atoms with Crippen LogP contribution in [0.3, 0.4) is 0 Å². The number of allylic oxidation sites excluding steroid dienone is 4. The molecule has 0 fully saturated rings. The van der Waals surface area contributed by atoms with Gasteiger partial charge in [-0.2, -0.15) is 0 Å². The summed E-state index contributed by atoms with van der Waals surface area (Å²) in [4.78, 5) is 0. The summed E-state index contributed by atoms with van der Waals surface area (Å²) in [6.45, 7) is 3.87. The lowest BCUT2D eigenvalue weighted by Crippen LogP contribution is -2.07. The molecule has 1 unspecified atom stereocenters. The molecule has 0 saturated heterocycles. The van der Waals surface area contributed by atoms with Crippen molar-refractivity contribution in [3.63, 3.8) is 0 Å². The molecular weight excluding hydrogens is 198 g/mol. The van der Waals surface area contributed by atoms with Crippen molar-refractivity contribution in [2.45, 2.75) is 38.5 Å². The van der Waals surface area contributed by atoms with E-state index < -0.39 is 0 Å². The van der Waals surface area contributed by atoms with Crippen molar-refractivity contribution in [2.75, 3.05) is 0 Å². The summed E-state index contributed by atoms with van der Waals surface area (Å²) in [5, 5.41) is 12.1. The van der Waals surface area contributed by atoms with Crippen molar-refractivity contribution >= 4 is 17.3 Å². The number of hydrogen-bond acceptors (Lipinski definition) is 2. The van der Waals surface area contributed by atoms with Gasteiger partial charge < -0.3 is 5.21 Å². The summed E-state index contributed by atoms with van der Waals surface area (Å²) in [6.07, 6.45) is 6.95. The van der Waals surface area contributed by atoms with Crippen LogP contribution in [0, 0.1) is 0 Å². The van der Waals surface area contributed by atoms with Crippen molar-refractivity contribution in [3.8, 4) is 0 Å². The molecule has 14 heavy (non-hydrogen) atoms. The summed E-state index contributed by atoms with van der Waals surface area (Å²) in [7, 11) is 0. The summed E-state index contributed by atoms with van der Waals surface area (Å²) in [5.74, 6) is 0. The van der Waals surface area contributed by atoms with Gasteiger partial charge in [0.15, 0.2) is 0 Å². The Morgan fingerprint density at radius 3 is 3.00 bits per heavy atom. The van der Waals surface area contributed by atoms with E-state index in [9.17, 15) is 0 Å². The van der Waals surface area contributed by atoms with E-state index >= 15 is 0 Å². The van der Waals surface area contributed by atoms with Crippen LogP contribution in [0.25, 0.3) is 0 Å². The van der Waals surface area contributed by atoms with Crippen LogP contribution in [0.4, 0.5) is 0 Å². The summed E-state index contributed by atoms with van der Waals surface area (Å²) in [6, 6.07) is 0. The molecule has 2 nitrogen and oxygen atoms in total. The van der Waals surface area contributed by atoms with E-state index in [2.05, 4.69) is 18.2 Å². The van der Waals surface area contributed by atoms with Crippen LogP contribution in [0.1, 0.15) is 33.1 Å². The average molecular weight is 214 g/mol. The van der Waals surface area contributed by atoms with Gasteiger partial charge in [-0.1, -0.05) is 24.2 Å². The Bertz CT molecular complexity index is 292. The lowest BCUT2D eigenvalue weighted by molar-refractivity contribution is 0.319. The van der Waals surface area contributed by atoms with Crippen molar-refractivity contribution < 1.29 is 5.21 Å². The van der Waals surface area contributed by atoms with Crippen LogP contribution in [0.2, 0.25) is 0 Å². The van der Waals surface area contributed by atoms with Gasteiger partial charge in [-0.3, -0.25) is 0 Å². The van der Waals surface area contributed by atoms with E-state index in [1.54, 1.807) is 6.92 Å². The van der Waals surface area contributed by atoms with E-state index in [0.717, 1.165) is 24.8 Å². The first-order valence-corrected chi connectivity index (χ1v) is 5.37. The van der Waals surface area contributed by atoms with Crippen LogP contribution in [-0.4, -0.2) is 16.3 Å². The van der Waals surface area contributed by atoms with Crippen LogP contribution in [0.5, 0.6) is 0 Å². The maximum Gasteiger partial charge on any atom is 0.0836 e. The zero-order valence-electron chi connectivity index (χ0n) is 8.63. The van der Waals surface area contributed by atoms with Gasteiger partial charge in [0, 0.05) is 0 Å². The molecule has 0 bridgehead atoms. The third kappa shape index (κ3) is 2.38. The van der Waals surface area contributed by atoms with Crippen molar-refractivity contribution in [3.05, 3.63) is 23.3 Å². The SMILES string of the molecule is CCC1=C(/C(C)=N/O)C=CCCC1Cl. The zero-order chi connectivity index (χ0) is 10.6. The van der Waals surface area contributed by atoms with Crippen LogP contribution in [-0.2, 0) is 0 Å². The highest BCUT2D eigenvalue weighted by molar-refractivity contribution is 6.23. The smallest absolute Gasteiger partial charge is 0.0836 e. The lowest BCUT2D eigenvalue weighted by atomic mass is 9.99. The molecular formula is C11H16ClNO. The molecule has 0 spiro atoms. The first kappa shape index (κ1) is 11.3. The molecule has 1 atom stereocenters. The monoisotopic (exact) mass is 213 g/mol. The molecule has 3 heteroatoms. The first-order valence-electron chi connectivity index (χ1n) is 4.93. The molecule has 1 aliphatic carbocycles. The number of halogens is 1. The Labute approximate surface area is 90.0 Å². The predicted octanol–water partition coefficient (Wildman–Crippen LogP) is 3.50. The topological polar surface area (TPSA) is 32.6 Å². The van der Waals surface area contributed by atoms with Crippen molar-refractivity contribution in [2.24, 2.45) is 5.16 Å². The van der Waals surface area contributed by atoms with E-state index in [4.69, 9.17) is 16.8 Å². The third-order valence-electron chi connectivity index (χ3n) is 2.52. The Hall–Kier alpha value is -0.760. The molecule has 1 aliphatic rings. The summed E-state index contributed by atoms with van der Waals surface area (Å²) < 4.78 is 0. The average Bonchev–Trinajstić information content (AvgIpc) is 2.38. The van der Waals surface area contributed by atoms with Gasteiger partial charge >= 0.3 is 0 Å². The normalized spacial score (nSPS) is 23.9. The van der Waals surface area contributed by atoms with E-state index in [-0.39, 0.29) is 5.38 Å². The largest absolute Gasteiger partial charge is 0.411 e. The van der Waals surface area contributed by atoms with Gasteiger partial charge in [0.1, 0.15) is 0 Å². The minimum absolute atomic E-state index is 0.0710. The molecule has 78 valence electrons. The second-order valence-corrected chi connectivity index (χ2v) is 3.95. The standard InChI is InChI=1S/C11H16ClNO/c1-3-9-10(8(2)13-14)6-4-5-7-11(9)12/h4,6,11,14H,3,5,7H2,1-2H3/b13-8+. The molecule has 0 aliphatic heterocycles. The van der Waals surface area contributed by atoms with Gasteiger partial charge in [0.25, 0.3) is 0 Å². The first-order chi connectivity index (χ1) is 6.70. The van der Waals surface area contributed by atoms with E-state index in [1.165, 1.54) is 5.57 Å². The number of nitrogens with zero attached hydrogens (tertiary/aromatic N) is 1. The van der Waals surface area contributed by atoms with Gasteiger partial charge in [0.05, 0.1) is 11.1 Å². The predicted molar refractivity (Wildman–Crippen MR) is 60.2 cm³/mol. The highest BCUT2D eigenvalue weighted by Gasteiger charge is 2.16. The Kier molecular flexibility index (Phi) is 4.21. The fraction of sp³-hybridized carbons (Fsp3) is 0.545. The summed E-state index contributed by atoms with van der Waals surface area (Å²) >= 11 is 6.25. The fourth-order valence-electron chi connectivity index (χ4n) is 1.71. The third-order valence-corrected chi connectivity index (χ3v) is 3.00. The molecule has 0 aromatic rings. The molecule has 0 radical (unpaired) electrons. The second kappa shape index (κ2) is 5.20. The van der Waals surface area contributed by atoms with Crippen LogP contribution < -0.4 is 0 Å². The fourth-order valence-corrected chi connectivity index (χ4v) is 2.11. The quantitative estimate of drug-likeness (QED) is 0.324. The van der Waals surface area contributed by atoms with E-state index in [0.29, 0.717) is 5.71 Å². The van der Waals surface area contributed by atoms with E-state index in [1.807, 2.05) is 6.08 Å². The minimum Gasteiger partial charge on any atom is -0.411 e. The Morgan fingerprint density at radius 2 is 2.43 bits per heavy atom. The Morgan fingerprint density at radius 1 is 1.71 bits per heavy atom. The molecule has 1 N–H and O–H groups in total. The molecule has 0 saturated carbocycles. The number of oxime groups is 1. The highest BCUT2D eigenvalue weighted by Crippen LogP contribution is 2.27. The zero-order valence-corrected chi connectivity index (χ0v) is 9.38. The number of hydrogen-bond donors (Lipinski definition) is 1. The Balaban J connectivity index is 3.12. The van der Waals surface area contributed by atoms with Gasteiger partial charge in [-0.25, -0.2) is 0 Å². The molecule has 0 amide bonds. The lowest BCUT2D eigenvalue weighted by Gasteiger charge is -2.13. The van der Waals surface area contributed by atoms with Crippen LogP contribution >= 0.6 is 11.6 Å². The maximum atomic E-state index is 8.76. The van der Waals surface area contributed by atoms with Crippen molar-refractivity contribution in [1.29, 1.82) is 0 Å². The van der Waals surface area contributed by atoms with Gasteiger partial charge in [-0.05, 0) is 37.3 Å². The summed E-state index contributed by atoms with van der Waals surface area (Å²) in [5.41, 5.74) is 2.81. The van der Waals surface area contributed by atoms with Crippen LogP contribution in [0.15, 0.2) is 28.5 Å². The number of rotatable bonds is 2. The second-order valence-electron chi connectivity index (χ2n) is 3.43. The minimum atomic E-state index is 0.0710. The van der Waals surface area contributed by atoms with Gasteiger partial charge in [-0.15, -0.1) is 11.6 Å². The molecule has 0 aromatic heterocycles. The van der Waals surface area contributed by atoms with Crippen molar-refractivity contribution in [1.82, 2.24) is 0 Å². The number of alkyl halides is 1.